The Morgan fingerprint density at radius 2 is 1.76 bits per heavy atom. The van der Waals surface area contributed by atoms with Gasteiger partial charge in [-0.25, -0.2) is 4.98 Å². The van der Waals surface area contributed by atoms with E-state index in [0.29, 0.717) is 16.6 Å². The molecule has 0 saturated carbocycles. The Hall–Kier alpha value is -2.18. The van der Waals surface area contributed by atoms with E-state index in [1.807, 2.05) is 24.3 Å². The van der Waals surface area contributed by atoms with Crippen molar-refractivity contribution >= 4 is 37.6 Å². The molecule has 21 heavy (non-hydrogen) atoms. The van der Waals surface area contributed by atoms with Gasteiger partial charge in [-0.15, -0.1) is 0 Å². The molecule has 3 aromatic rings. The number of anilines is 1. The van der Waals surface area contributed by atoms with Gasteiger partial charge in [0, 0.05) is 24.9 Å². The summed E-state index contributed by atoms with van der Waals surface area (Å²) in [5.74, 6) is 0. The number of benzene rings is 2. The largest absolute Gasteiger partial charge is 0.377 e. The third-order valence-corrected chi connectivity index (χ3v) is 4.31. The number of aromatic nitrogens is 1. The predicted molar refractivity (Wildman–Crippen MR) is 83.4 cm³/mol. The van der Waals surface area contributed by atoms with E-state index in [1.165, 1.54) is 0 Å². The Bertz CT molecular complexity index is 950. The van der Waals surface area contributed by atoms with Crippen LogP contribution in [0.25, 0.3) is 21.8 Å². The van der Waals surface area contributed by atoms with Crippen LogP contribution in [0.3, 0.4) is 0 Å². The molecule has 0 aliphatic rings. The van der Waals surface area contributed by atoms with Gasteiger partial charge in [-0.1, -0.05) is 18.2 Å². The van der Waals surface area contributed by atoms with Gasteiger partial charge in [0.05, 0.1) is 16.7 Å². The van der Waals surface area contributed by atoms with E-state index in [1.54, 1.807) is 37.2 Å². The highest BCUT2D eigenvalue weighted by Gasteiger charge is 2.21. The van der Waals surface area contributed by atoms with Gasteiger partial charge in [0.25, 0.3) is 10.1 Å². The fraction of sp³-hybridized carbons (Fsp3) is 0.133. The second-order valence-corrected chi connectivity index (χ2v) is 6.39. The molecule has 3 rings (SSSR count). The summed E-state index contributed by atoms with van der Waals surface area (Å²) < 4.78 is 33.2. The third-order valence-electron chi connectivity index (χ3n) is 3.37. The summed E-state index contributed by atoms with van der Waals surface area (Å²) in [5.41, 5.74) is 1.75. The maximum absolute atomic E-state index is 11.8. The lowest BCUT2D eigenvalue weighted by Gasteiger charge is -2.17. The lowest BCUT2D eigenvalue weighted by Crippen LogP contribution is -2.14. The molecule has 6 heteroatoms. The Morgan fingerprint density at radius 3 is 2.43 bits per heavy atom. The molecule has 0 bridgehead atoms. The molecule has 0 unspecified atom stereocenters. The first kappa shape index (κ1) is 13.8. The van der Waals surface area contributed by atoms with Crippen molar-refractivity contribution in [3.8, 4) is 0 Å². The summed E-state index contributed by atoms with van der Waals surface area (Å²) in [6.07, 6.45) is 0. The Kier molecular flexibility index (Phi) is 3.07. The van der Waals surface area contributed by atoms with Crippen LogP contribution < -0.4 is 4.90 Å². The Balaban J connectivity index is 2.52. The van der Waals surface area contributed by atoms with E-state index in [2.05, 4.69) is 4.98 Å². The van der Waals surface area contributed by atoms with Gasteiger partial charge < -0.3 is 4.90 Å². The van der Waals surface area contributed by atoms with Gasteiger partial charge in [0.1, 0.15) is 4.90 Å². The zero-order valence-electron chi connectivity index (χ0n) is 11.6. The molecule has 108 valence electrons. The Labute approximate surface area is 122 Å². The predicted octanol–water partition coefficient (Wildman–Crippen LogP) is 2.70. The molecule has 0 atom stereocenters. The molecule has 0 fully saturated rings. The lowest BCUT2D eigenvalue weighted by atomic mass is 10.1. The fourth-order valence-electron chi connectivity index (χ4n) is 2.43. The normalized spacial score (nSPS) is 12.0. The van der Waals surface area contributed by atoms with Gasteiger partial charge in [0.15, 0.2) is 0 Å². The minimum atomic E-state index is -4.36. The molecular formula is C15H14N2O3S. The van der Waals surface area contributed by atoms with Crippen LogP contribution in [-0.4, -0.2) is 32.0 Å². The van der Waals surface area contributed by atoms with E-state index in [0.717, 1.165) is 10.9 Å². The maximum Gasteiger partial charge on any atom is 0.297 e. The van der Waals surface area contributed by atoms with Crippen molar-refractivity contribution in [1.29, 1.82) is 0 Å². The summed E-state index contributed by atoms with van der Waals surface area (Å²) in [6.45, 7) is 0. The molecule has 1 N–H and O–H groups in total. The molecule has 0 aliphatic heterocycles. The van der Waals surface area contributed by atoms with E-state index in [9.17, 15) is 13.0 Å². The van der Waals surface area contributed by atoms with Crippen LogP contribution >= 0.6 is 0 Å². The van der Waals surface area contributed by atoms with Gasteiger partial charge in [-0.05, 0) is 24.3 Å². The number of hydrogen-bond acceptors (Lipinski definition) is 4. The first-order valence-corrected chi connectivity index (χ1v) is 7.79. The summed E-state index contributed by atoms with van der Waals surface area (Å²) >= 11 is 0. The molecular weight excluding hydrogens is 288 g/mol. The van der Waals surface area contributed by atoms with Crippen molar-refractivity contribution in [3.05, 3.63) is 42.5 Å². The van der Waals surface area contributed by atoms with Gasteiger partial charge in [0.2, 0.25) is 0 Å². The molecule has 5 nitrogen and oxygen atoms in total. The second-order valence-electron chi connectivity index (χ2n) is 5.03. The zero-order chi connectivity index (χ0) is 15.2. The molecule has 0 aliphatic carbocycles. The molecule has 1 heterocycles. The molecule has 1 aromatic heterocycles. The number of nitrogens with zero attached hydrogens (tertiary/aromatic N) is 2. The van der Waals surface area contributed by atoms with Crippen LogP contribution in [-0.2, 0) is 10.1 Å². The van der Waals surface area contributed by atoms with Crippen molar-refractivity contribution in [2.24, 2.45) is 0 Å². The minimum Gasteiger partial charge on any atom is -0.377 e. The van der Waals surface area contributed by atoms with Crippen molar-refractivity contribution < 1.29 is 13.0 Å². The average molecular weight is 302 g/mol. The summed E-state index contributed by atoms with van der Waals surface area (Å²) in [5, 5.41) is 1.24. The number of rotatable bonds is 2. The molecule has 0 spiro atoms. The summed E-state index contributed by atoms with van der Waals surface area (Å²) in [7, 11) is -0.902. The van der Waals surface area contributed by atoms with E-state index < -0.39 is 10.1 Å². The molecule has 2 aromatic carbocycles. The number of fused-ring (bicyclic) bond motifs is 2. The first-order chi connectivity index (χ1) is 9.88. The first-order valence-electron chi connectivity index (χ1n) is 6.35. The van der Waals surface area contributed by atoms with Crippen LogP contribution in [0.4, 0.5) is 5.69 Å². The van der Waals surface area contributed by atoms with Crippen molar-refractivity contribution in [2.45, 2.75) is 4.90 Å². The van der Waals surface area contributed by atoms with Gasteiger partial charge in [-0.3, -0.25) is 4.55 Å². The smallest absolute Gasteiger partial charge is 0.297 e. The molecule has 0 saturated heterocycles. The topological polar surface area (TPSA) is 70.5 Å². The summed E-state index contributed by atoms with van der Waals surface area (Å²) in [4.78, 5) is 6.00. The monoisotopic (exact) mass is 302 g/mol. The van der Waals surface area contributed by atoms with Crippen molar-refractivity contribution in [1.82, 2.24) is 4.98 Å². The van der Waals surface area contributed by atoms with Crippen molar-refractivity contribution in [3.63, 3.8) is 0 Å². The number of para-hydroxylation sites is 1. The van der Waals surface area contributed by atoms with Crippen LogP contribution in [0, 0.1) is 0 Å². The fourth-order valence-corrected chi connectivity index (χ4v) is 3.39. The third kappa shape index (κ3) is 2.32. The average Bonchev–Trinajstić information content (AvgIpc) is 2.42. The molecule has 0 radical (unpaired) electrons. The highest BCUT2D eigenvalue weighted by Crippen LogP contribution is 2.32. The quantitative estimate of drug-likeness (QED) is 0.582. The van der Waals surface area contributed by atoms with Crippen LogP contribution in [0.15, 0.2) is 47.4 Å². The molecule has 0 amide bonds. The maximum atomic E-state index is 11.8. The van der Waals surface area contributed by atoms with Gasteiger partial charge >= 0.3 is 0 Å². The highest BCUT2D eigenvalue weighted by atomic mass is 32.2. The highest BCUT2D eigenvalue weighted by molar-refractivity contribution is 7.86. The SMILES string of the molecule is CN(C)c1ccc2nc3ccccc3cc2c1S(=O)(=O)O. The number of pyridine rings is 1. The zero-order valence-corrected chi connectivity index (χ0v) is 12.4. The number of hydrogen-bond donors (Lipinski definition) is 1. The van der Waals surface area contributed by atoms with Crippen LogP contribution in [0.5, 0.6) is 0 Å². The van der Waals surface area contributed by atoms with Crippen LogP contribution in [0.1, 0.15) is 0 Å². The minimum absolute atomic E-state index is 0.108. The Morgan fingerprint density at radius 1 is 1.05 bits per heavy atom. The van der Waals surface area contributed by atoms with Gasteiger partial charge in [-0.2, -0.15) is 8.42 Å². The van der Waals surface area contributed by atoms with E-state index >= 15 is 0 Å². The van der Waals surface area contributed by atoms with Crippen molar-refractivity contribution in [2.75, 3.05) is 19.0 Å². The van der Waals surface area contributed by atoms with E-state index in [-0.39, 0.29) is 4.90 Å². The summed E-state index contributed by atoms with van der Waals surface area (Å²) in [6, 6.07) is 12.6. The lowest BCUT2D eigenvalue weighted by molar-refractivity contribution is 0.484. The standard InChI is InChI=1S/C15H14N2O3S/c1-17(2)14-8-7-13-11(15(14)21(18,19)20)9-10-5-3-4-6-12(10)16-13/h3-9H,1-2H3,(H,18,19,20). The van der Waals surface area contributed by atoms with E-state index in [4.69, 9.17) is 0 Å². The van der Waals surface area contributed by atoms with Crippen LogP contribution in [0.2, 0.25) is 0 Å². The second kappa shape index (κ2) is 4.68.